The molecule has 1 amide bonds. The zero-order chi connectivity index (χ0) is 21.3. The monoisotopic (exact) mass is 444 g/mol. The van der Waals surface area contributed by atoms with Gasteiger partial charge in [0.05, 0.1) is 28.9 Å². The van der Waals surface area contributed by atoms with E-state index in [0.717, 1.165) is 0 Å². The number of H-pyrrole nitrogens is 1. The molecular formula is C18H16ClF3N4O2S. The first-order chi connectivity index (χ1) is 13.6. The fraction of sp³-hybridized carbons (Fsp3) is 0.278. The zero-order valence-corrected chi connectivity index (χ0v) is 17.1. The number of anilines is 1. The Balaban J connectivity index is 2.23. The third-order valence-electron chi connectivity index (χ3n) is 3.90. The van der Waals surface area contributed by atoms with Crippen LogP contribution in [0.15, 0.2) is 29.4 Å². The van der Waals surface area contributed by atoms with E-state index in [2.05, 4.69) is 25.0 Å². The lowest BCUT2D eigenvalue weighted by molar-refractivity contribution is -0.137. The number of nitrogens with zero attached hydrogens (tertiary/aromatic N) is 2. The number of aromatic nitrogens is 3. The third kappa shape index (κ3) is 4.43. The van der Waals surface area contributed by atoms with E-state index < -0.39 is 17.8 Å². The first-order valence-corrected chi connectivity index (χ1v) is 9.63. The van der Waals surface area contributed by atoms with Gasteiger partial charge in [0.15, 0.2) is 0 Å². The van der Waals surface area contributed by atoms with Gasteiger partial charge in [-0.3, -0.25) is 5.32 Å². The lowest BCUT2D eigenvalue weighted by Crippen LogP contribution is -2.12. The van der Waals surface area contributed by atoms with Crippen LogP contribution < -0.4 is 5.32 Å². The summed E-state index contributed by atoms with van der Waals surface area (Å²) >= 11 is 7.21. The van der Waals surface area contributed by atoms with Crippen molar-refractivity contribution in [3.05, 3.63) is 35.4 Å². The number of aromatic amines is 1. The van der Waals surface area contributed by atoms with Crippen LogP contribution in [0.25, 0.3) is 22.2 Å². The molecule has 0 saturated heterocycles. The Kier molecular flexibility index (Phi) is 5.95. The summed E-state index contributed by atoms with van der Waals surface area (Å²) in [6, 6.07) is 3.21. The molecule has 1 aromatic carbocycles. The van der Waals surface area contributed by atoms with Crippen LogP contribution in [0.5, 0.6) is 0 Å². The number of hydrogen-bond acceptors (Lipinski definition) is 5. The van der Waals surface area contributed by atoms with E-state index >= 15 is 0 Å². The Bertz CT molecular complexity index is 1070. The summed E-state index contributed by atoms with van der Waals surface area (Å²) in [6.07, 6.45) is -3.19. The maximum absolute atomic E-state index is 13.5. The lowest BCUT2D eigenvalue weighted by atomic mass is 10.1. The number of rotatable bonds is 4. The van der Waals surface area contributed by atoms with Crippen LogP contribution in [0.3, 0.4) is 0 Å². The van der Waals surface area contributed by atoms with E-state index in [1.54, 1.807) is 12.1 Å². The number of amides is 1. The topological polar surface area (TPSA) is 79.9 Å². The predicted octanol–water partition coefficient (Wildman–Crippen LogP) is 5.98. The molecule has 154 valence electrons. The largest absolute Gasteiger partial charge is 0.453 e. The molecule has 0 saturated carbocycles. The second-order valence-corrected chi connectivity index (χ2v) is 8.17. The minimum absolute atomic E-state index is 0.143. The average molecular weight is 445 g/mol. The Morgan fingerprint density at radius 2 is 2.07 bits per heavy atom. The van der Waals surface area contributed by atoms with Gasteiger partial charge in [0.2, 0.25) is 5.28 Å². The Morgan fingerprint density at radius 1 is 1.34 bits per heavy atom. The number of alkyl halides is 3. The van der Waals surface area contributed by atoms with Gasteiger partial charge in [-0.05, 0) is 17.7 Å². The van der Waals surface area contributed by atoms with Gasteiger partial charge in [0.1, 0.15) is 5.56 Å². The van der Waals surface area contributed by atoms with E-state index in [4.69, 9.17) is 11.6 Å². The quantitative estimate of drug-likeness (QED) is 0.382. The van der Waals surface area contributed by atoms with Crippen molar-refractivity contribution >= 4 is 46.0 Å². The van der Waals surface area contributed by atoms with E-state index in [-0.39, 0.29) is 21.8 Å². The molecule has 0 aliphatic carbocycles. The molecule has 0 fully saturated rings. The average Bonchev–Trinajstić information content (AvgIpc) is 3.06. The Hall–Kier alpha value is -2.46. The van der Waals surface area contributed by atoms with Crippen molar-refractivity contribution in [3.63, 3.8) is 0 Å². The van der Waals surface area contributed by atoms with Crippen LogP contribution in [0.1, 0.15) is 19.4 Å². The van der Waals surface area contributed by atoms with Crippen molar-refractivity contribution < 1.29 is 22.7 Å². The fourth-order valence-electron chi connectivity index (χ4n) is 2.76. The highest BCUT2D eigenvalue weighted by Gasteiger charge is 2.36. The second kappa shape index (κ2) is 8.11. The predicted molar refractivity (Wildman–Crippen MR) is 106 cm³/mol. The fourth-order valence-corrected chi connectivity index (χ4v) is 3.90. The van der Waals surface area contributed by atoms with Crippen molar-refractivity contribution in [1.29, 1.82) is 0 Å². The molecule has 0 atom stereocenters. The van der Waals surface area contributed by atoms with Crippen LogP contribution in [-0.2, 0) is 10.9 Å². The number of thioether (sulfide) groups is 1. The molecule has 3 aromatic rings. The van der Waals surface area contributed by atoms with E-state index in [0.29, 0.717) is 27.7 Å². The summed E-state index contributed by atoms with van der Waals surface area (Å²) in [5, 5.41) is 2.98. The van der Waals surface area contributed by atoms with Gasteiger partial charge in [-0.15, -0.1) is 11.8 Å². The third-order valence-corrected chi connectivity index (χ3v) is 5.22. The Labute approximate surface area is 173 Å². The van der Waals surface area contributed by atoms with Gasteiger partial charge in [-0.2, -0.15) is 13.2 Å². The normalized spacial score (nSPS) is 11.9. The number of hydrogen-bond donors (Lipinski definition) is 2. The summed E-state index contributed by atoms with van der Waals surface area (Å²) in [6.45, 7) is 3.92. The van der Waals surface area contributed by atoms with Gasteiger partial charge >= 0.3 is 12.3 Å². The summed E-state index contributed by atoms with van der Waals surface area (Å²) in [5.41, 5.74) is -0.0360. The van der Waals surface area contributed by atoms with Gasteiger partial charge < -0.3 is 9.72 Å². The molecule has 0 spiro atoms. The summed E-state index contributed by atoms with van der Waals surface area (Å²) in [7, 11) is 1.24. The molecule has 0 aliphatic heterocycles. The number of halogens is 4. The number of benzene rings is 1. The molecule has 2 N–H and O–H groups in total. The molecule has 0 radical (unpaired) electrons. The molecule has 0 aliphatic rings. The number of carbonyl (C=O) groups excluding carboxylic acids is 1. The molecule has 29 heavy (non-hydrogen) atoms. The van der Waals surface area contributed by atoms with Gasteiger partial charge in [-0.25, -0.2) is 14.8 Å². The maximum atomic E-state index is 13.5. The number of fused-ring (bicyclic) bond motifs is 1. The number of ether oxygens (including phenoxy) is 1. The molecule has 3 rings (SSSR count). The van der Waals surface area contributed by atoms with Crippen molar-refractivity contribution in [3.8, 4) is 11.3 Å². The number of nitrogens with one attached hydrogen (secondary N) is 2. The first-order valence-electron chi connectivity index (χ1n) is 8.37. The minimum atomic E-state index is -4.65. The summed E-state index contributed by atoms with van der Waals surface area (Å²) in [5.74, 6) is 0. The van der Waals surface area contributed by atoms with Crippen molar-refractivity contribution in [2.45, 2.75) is 30.2 Å². The number of carbonyl (C=O) groups is 1. The second-order valence-electron chi connectivity index (χ2n) is 6.25. The van der Waals surface area contributed by atoms with Gasteiger partial charge in [-0.1, -0.05) is 19.9 Å². The van der Waals surface area contributed by atoms with Crippen LogP contribution in [-0.4, -0.2) is 33.4 Å². The zero-order valence-electron chi connectivity index (χ0n) is 15.5. The lowest BCUT2D eigenvalue weighted by Gasteiger charge is -2.14. The molecule has 0 bridgehead atoms. The van der Waals surface area contributed by atoms with Crippen molar-refractivity contribution in [2.24, 2.45) is 0 Å². The highest BCUT2D eigenvalue weighted by molar-refractivity contribution is 8.00. The standard InChI is InChI=1S/C18H16ClF3N4O2S/c1-8(2)29-15-12(25-17(27)28-3)5-4-9-10(6-23-14(9)15)13-11(18(20,21)22)7-24-16(19)26-13/h4-8,23H,1-3H3,(H,25,27). The van der Waals surface area contributed by atoms with Crippen molar-refractivity contribution in [2.75, 3.05) is 12.4 Å². The molecule has 11 heteroatoms. The van der Waals surface area contributed by atoms with Crippen LogP contribution >= 0.6 is 23.4 Å². The highest BCUT2D eigenvalue weighted by atomic mass is 35.5. The molecular weight excluding hydrogens is 429 g/mol. The molecule has 2 heterocycles. The van der Waals surface area contributed by atoms with Gasteiger partial charge in [0.25, 0.3) is 0 Å². The highest BCUT2D eigenvalue weighted by Crippen LogP contribution is 2.43. The maximum Gasteiger partial charge on any atom is 0.419 e. The van der Waals surface area contributed by atoms with Crippen LogP contribution in [0, 0.1) is 0 Å². The summed E-state index contributed by atoms with van der Waals surface area (Å²) < 4.78 is 45.1. The molecule has 0 unspecified atom stereocenters. The van der Waals surface area contributed by atoms with E-state index in [9.17, 15) is 18.0 Å². The SMILES string of the molecule is COC(=O)Nc1ccc2c(-c3nc(Cl)ncc3C(F)(F)F)c[nH]c2c1SC(C)C. The van der Waals surface area contributed by atoms with Gasteiger partial charge in [0, 0.05) is 28.6 Å². The minimum Gasteiger partial charge on any atom is -0.453 e. The number of methoxy groups -OCH3 is 1. The Morgan fingerprint density at radius 3 is 2.69 bits per heavy atom. The summed E-state index contributed by atoms with van der Waals surface area (Å²) in [4.78, 5) is 22.6. The smallest absolute Gasteiger partial charge is 0.419 e. The molecule has 6 nitrogen and oxygen atoms in total. The van der Waals surface area contributed by atoms with E-state index in [1.807, 2.05) is 13.8 Å². The van der Waals surface area contributed by atoms with Crippen LogP contribution in [0.2, 0.25) is 5.28 Å². The first kappa shape index (κ1) is 21.3. The van der Waals surface area contributed by atoms with Crippen LogP contribution in [0.4, 0.5) is 23.7 Å². The van der Waals surface area contributed by atoms with Crippen molar-refractivity contribution in [1.82, 2.24) is 15.0 Å². The van der Waals surface area contributed by atoms with E-state index in [1.165, 1.54) is 25.1 Å². The molecule has 2 aromatic heterocycles.